The van der Waals surface area contributed by atoms with Gasteiger partial charge in [-0.1, -0.05) is 12.1 Å². The maximum atomic E-state index is 11.0. The topological polar surface area (TPSA) is 29.1 Å². The Morgan fingerprint density at radius 2 is 2.33 bits per heavy atom. The molecule has 0 atom stereocenters. The molecule has 0 saturated carbocycles. The molecule has 64 valence electrons. The maximum absolute atomic E-state index is 11.0. The fraction of sp³-hybridized carbons (Fsp3) is 0.222. The highest BCUT2D eigenvalue weighted by atomic mass is 32.1. The van der Waals surface area contributed by atoms with E-state index in [0.717, 1.165) is 11.3 Å². The first kappa shape index (κ1) is 9.13. The Morgan fingerprint density at radius 3 is 2.92 bits per heavy atom. The molecular formula is C9H11NOS. The van der Waals surface area contributed by atoms with Crippen molar-refractivity contribution >= 4 is 24.1 Å². The highest BCUT2D eigenvalue weighted by Gasteiger charge is 1.98. The average molecular weight is 181 g/mol. The van der Waals surface area contributed by atoms with Gasteiger partial charge in [-0.2, -0.15) is 12.6 Å². The zero-order chi connectivity index (χ0) is 8.97. The third-order valence-corrected chi connectivity index (χ3v) is 1.71. The average Bonchev–Trinajstić information content (AvgIpc) is 2.05. The van der Waals surface area contributed by atoms with Crippen LogP contribution in [0.15, 0.2) is 24.3 Å². The van der Waals surface area contributed by atoms with Crippen LogP contribution in [0.3, 0.4) is 0 Å². The van der Waals surface area contributed by atoms with E-state index in [1.807, 2.05) is 18.2 Å². The van der Waals surface area contributed by atoms with Gasteiger partial charge in [0.1, 0.15) is 0 Å². The number of hydrogen-bond acceptors (Lipinski definition) is 3. The second kappa shape index (κ2) is 4.16. The Balaban J connectivity index is 2.88. The minimum atomic E-state index is 0.0813. The van der Waals surface area contributed by atoms with Crippen molar-refractivity contribution < 1.29 is 4.79 Å². The van der Waals surface area contributed by atoms with E-state index in [1.165, 1.54) is 0 Å². The molecule has 0 saturated heterocycles. The minimum absolute atomic E-state index is 0.0813. The van der Waals surface area contributed by atoms with Crippen LogP contribution in [0.1, 0.15) is 17.3 Å². The van der Waals surface area contributed by atoms with Gasteiger partial charge in [0.25, 0.3) is 0 Å². The summed E-state index contributed by atoms with van der Waals surface area (Å²) in [6, 6.07) is 7.37. The van der Waals surface area contributed by atoms with Crippen molar-refractivity contribution in [2.75, 3.05) is 11.2 Å². The highest BCUT2D eigenvalue weighted by molar-refractivity contribution is 7.80. The molecule has 0 heterocycles. The Bertz CT molecular complexity index is 286. The number of hydrogen-bond donors (Lipinski definition) is 2. The van der Waals surface area contributed by atoms with Crippen molar-refractivity contribution in [2.45, 2.75) is 6.92 Å². The normalized spacial score (nSPS) is 9.50. The van der Waals surface area contributed by atoms with Crippen LogP contribution in [0.5, 0.6) is 0 Å². The molecule has 0 aromatic heterocycles. The molecule has 2 nitrogen and oxygen atoms in total. The fourth-order valence-electron chi connectivity index (χ4n) is 0.939. The van der Waals surface area contributed by atoms with Crippen LogP contribution in [0.25, 0.3) is 0 Å². The Hall–Kier alpha value is -0.960. The highest BCUT2D eigenvalue weighted by Crippen LogP contribution is 2.10. The number of anilines is 1. The number of Topliss-reactive ketones (excluding diaryl/α,β-unsaturated/α-hetero) is 1. The molecule has 12 heavy (non-hydrogen) atoms. The molecule has 0 radical (unpaired) electrons. The summed E-state index contributed by atoms with van der Waals surface area (Å²) < 4.78 is 0. The molecule has 3 heteroatoms. The standard InChI is InChI=1S/C9H11NOS/c1-7(11)8-3-2-4-9(5-8)10-6-12/h2-5,10,12H,6H2,1H3. The second-order valence-electron chi connectivity index (χ2n) is 2.47. The van der Waals surface area contributed by atoms with Crippen LogP contribution in [0, 0.1) is 0 Å². The van der Waals surface area contributed by atoms with E-state index >= 15 is 0 Å². The summed E-state index contributed by atoms with van der Waals surface area (Å²) in [5, 5.41) is 3.01. The summed E-state index contributed by atoms with van der Waals surface area (Å²) >= 11 is 4.02. The summed E-state index contributed by atoms with van der Waals surface area (Å²) in [5.41, 5.74) is 1.65. The van der Waals surface area contributed by atoms with E-state index in [9.17, 15) is 4.79 Å². The molecule has 0 aliphatic heterocycles. The van der Waals surface area contributed by atoms with Gasteiger partial charge in [0.2, 0.25) is 0 Å². The van der Waals surface area contributed by atoms with Gasteiger partial charge >= 0.3 is 0 Å². The molecule has 0 spiro atoms. The van der Waals surface area contributed by atoms with Gasteiger partial charge in [0.15, 0.2) is 5.78 Å². The van der Waals surface area contributed by atoms with Gasteiger partial charge in [-0.3, -0.25) is 4.79 Å². The van der Waals surface area contributed by atoms with Crippen molar-refractivity contribution in [1.29, 1.82) is 0 Å². The number of carbonyl (C=O) groups is 1. The van der Waals surface area contributed by atoms with Crippen molar-refractivity contribution in [2.24, 2.45) is 0 Å². The van der Waals surface area contributed by atoms with Crippen LogP contribution >= 0.6 is 12.6 Å². The summed E-state index contributed by atoms with van der Waals surface area (Å²) in [4.78, 5) is 11.0. The summed E-state index contributed by atoms with van der Waals surface area (Å²) in [6.07, 6.45) is 0. The van der Waals surface area contributed by atoms with Crippen molar-refractivity contribution in [1.82, 2.24) is 0 Å². The van der Waals surface area contributed by atoms with Crippen LogP contribution in [-0.2, 0) is 0 Å². The largest absolute Gasteiger partial charge is 0.376 e. The third-order valence-electron chi connectivity index (χ3n) is 1.55. The lowest BCUT2D eigenvalue weighted by atomic mass is 10.1. The molecule has 0 amide bonds. The van der Waals surface area contributed by atoms with Crippen LogP contribution in [-0.4, -0.2) is 11.7 Å². The van der Waals surface area contributed by atoms with E-state index in [0.29, 0.717) is 5.88 Å². The van der Waals surface area contributed by atoms with E-state index in [4.69, 9.17) is 0 Å². The van der Waals surface area contributed by atoms with Crippen LogP contribution in [0.4, 0.5) is 5.69 Å². The number of thiol groups is 1. The first-order valence-electron chi connectivity index (χ1n) is 3.70. The Kier molecular flexibility index (Phi) is 3.17. The van der Waals surface area contributed by atoms with Gasteiger partial charge in [-0.05, 0) is 19.1 Å². The molecule has 1 rings (SSSR count). The van der Waals surface area contributed by atoms with Gasteiger partial charge in [-0.15, -0.1) is 0 Å². The monoisotopic (exact) mass is 181 g/mol. The third kappa shape index (κ3) is 2.27. The molecule has 0 bridgehead atoms. The molecule has 1 N–H and O–H groups in total. The lowest BCUT2D eigenvalue weighted by molar-refractivity contribution is 0.101. The fourth-order valence-corrected chi connectivity index (χ4v) is 1.12. The van der Waals surface area contributed by atoms with E-state index in [1.54, 1.807) is 13.0 Å². The van der Waals surface area contributed by atoms with Gasteiger partial charge in [-0.25, -0.2) is 0 Å². The van der Waals surface area contributed by atoms with E-state index < -0.39 is 0 Å². The van der Waals surface area contributed by atoms with Crippen LogP contribution in [0.2, 0.25) is 0 Å². The smallest absolute Gasteiger partial charge is 0.159 e. The quantitative estimate of drug-likeness (QED) is 0.425. The van der Waals surface area contributed by atoms with Crippen LogP contribution < -0.4 is 5.32 Å². The molecule has 0 aliphatic rings. The molecular weight excluding hydrogens is 170 g/mol. The van der Waals surface area contributed by atoms with Crippen molar-refractivity contribution in [3.8, 4) is 0 Å². The molecule has 1 aromatic carbocycles. The first-order chi connectivity index (χ1) is 5.74. The lowest BCUT2D eigenvalue weighted by Gasteiger charge is -2.02. The number of ketones is 1. The van der Waals surface area contributed by atoms with Gasteiger partial charge in [0, 0.05) is 11.3 Å². The molecule has 1 aromatic rings. The van der Waals surface area contributed by atoms with Gasteiger partial charge < -0.3 is 5.32 Å². The number of rotatable bonds is 3. The lowest BCUT2D eigenvalue weighted by Crippen LogP contribution is -1.97. The predicted octanol–water partition coefficient (Wildman–Crippen LogP) is 2.19. The Labute approximate surface area is 77.4 Å². The molecule has 0 aliphatic carbocycles. The van der Waals surface area contributed by atoms with Crippen molar-refractivity contribution in [3.63, 3.8) is 0 Å². The van der Waals surface area contributed by atoms with Gasteiger partial charge in [0.05, 0.1) is 5.88 Å². The number of benzene rings is 1. The SMILES string of the molecule is CC(=O)c1cccc(NCS)c1. The summed E-state index contributed by atoms with van der Waals surface area (Å²) in [7, 11) is 0. The second-order valence-corrected chi connectivity index (χ2v) is 2.79. The number of carbonyl (C=O) groups excluding carboxylic acids is 1. The zero-order valence-corrected chi connectivity index (χ0v) is 7.77. The molecule has 0 unspecified atom stereocenters. The maximum Gasteiger partial charge on any atom is 0.159 e. The zero-order valence-electron chi connectivity index (χ0n) is 6.87. The summed E-state index contributed by atoms with van der Waals surface area (Å²) in [5.74, 6) is 0.652. The minimum Gasteiger partial charge on any atom is -0.376 e. The summed E-state index contributed by atoms with van der Waals surface area (Å²) in [6.45, 7) is 1.56. The number of nitrogens with one attached hydrogen (secondary N) is 1. The van der Waals surface area contributed by atoms with E-state index in [-0.39, 0.29) is 5.78 Å². The molecule has 0 fully saturated rings. The van der Waals surface area contributed by atoms with Crippen molar-refractivity contribution in [3.05, 3.63) is 29.8 Å². The Morgan fingerprint density at radius 1 is 1.58 bits per heavy atom. The first-order valence-corrected chi connectivity index (χ1v) is 4.33. The predicted molar refractivity (Wildman–Crippen MR) is 53.9 cm³/mol. The van der Waals surface area contributed by atoms with E-state index in [2.05, 4.69) is 17.9 Å².